The van der Waals surface area contributed by atoms with Gasteiger partial charge in [-0.1, -0.05) is 49.9 Å². The second-order valence-electron chi connectivity index (χ2n) is 5.47. The van der Waals surface area contributed by atoms with E-state index in [1.807, 2.05) is 0 Å². The van der Waals surface area contributed by atoms with Crippen molar-refractivity contribution < 1.29 is 4.74 Å². The first-order chi connectivity index (χ1) is 9.58. The number of ether oxygens (including phenoxy) is 1. The standard InChI is InChI=1S/C16H25Cl2NO/c1-13(2)12-19-7-5-3-4-6-8-20-16-10-14(17)9-15(18)11-16/h9-11,13,19H,3-8,12H2,1-2H3. The Kier molecular flexibility index (Phi) is 9.08. The maximum atomic E-state index is 5.91. The van der Waals surface area contributed by atoms with Gasteiger partial charge >= 0.3 is 0 Å². The molecule has 114 valence electrons. The second kappa shape index (κ2) is 10.3. The molecule has 0 bridgehead atoms. The van der Waals surface area contributed by atoms with Crippen LogP contribution >= 0.6 is 23.2 Å². The fourth-order valence-corrected chi connectivity index (χ4v) is 2.40. The summed E-state index contributed by atoms with van der Waals surface area (Å²) in [5.41, 5.74) is 0. The molecule has 0 unspecified atom stereocenters. The lowest BCUT2D eigenvalue weighted by atomic mass is 10.2. The highest BCUT2D eigenvalue weighted by Gasteiger charge is 1.99. The Morgan fingerprint density at radius 1 is 1.00 bits per heavy atom. The first-order valence-corrected chi connectivity index (χ1v) is 8.13. The molecule has 0 aliphatic rings. The van der Waals surface area contributed by atoms with Crippen LogP contribution in [0, 0.1) is 5.92 Å². The Morgan fingerprint density at radius 3 is 2.30 bits per heavy atom. The molecule has 0 heterocycles. The molecule has 1 rings (SSSR count). The highest BCUT2D eigenvalue weighted by molar-refractivity contribution is 6.34. The van der Waals surface area contributed by atoms with Gasteiger partial charge in [0.1, 0.15) is 5.75 Å². The van der Waals surface area contributed by atoms with Crippen LogP contribution in [0.5, 0.6) is 5.75 Å². The van der Waals surface area contributed by atoms with E-state index in [4.69, 9.17) is 27.9 Å². The molecule has 0 aliphatic carbocycles. The van der Waals surface area contributed by atoms with Crippen LogP contribution < -0.4 is 10.1 Å². The van der Waals surface area contributed by atoms with Crippen LogP contribution in [0.25, 0.3) is 0 Å². The van der Waals surface area contributed by atoms with Gasteiger partial charge in [0.05, 0.1) is 6.61 Å². The zero-order valence-electron chi connectivity index (χ0n) is 12.4. The highest BCUT2D eigenvalue weighted by Crippen LogP contribution is 2.24. The molecule has 0 spiro atoms. The molecule has 0 fully saturated rings. The normalized spacial score (nSPS) is 11.1. The minimum absolute atomic E-state index is 0.615. The van der Waals surface area contributed by atoms with Gasteiger partial charge in [-0.15, -0.1) is 0 Å². The predicted molar refractivity (Wildman–Crippen MR) is 88.1 cm³/mol. The fraction of sp³-hybridized carbons (Fsp3) is 0.625. The fourth-order valence-electron chi connectivity index (χ4n) is 1.90. The van der Waals surface area contributed by atoms with Crippen molar-refractivity contribution in [3.05, 3.63) is 28.2 Å². The van der Waals surface area contributed by atoms with E-state index < -0.39 is 0 Å². The molecule has 1 aromatic carbocycles. The number of halogens is 2. The SMILES string of the molecule is CC(C)CNCCCCCCOc1cc(Cl)cc(Cl)c1. The summed E-state index contributed by atoms with van der Waals surface area (Å²) in [6.07, 6.45) is 4.73. The van der Waals surface area contributed by atoms with E-state index >= 15 is 0 Å². The van der Waals surface area contributed by atoms with Crippen molar-refractivity contribution in [3.63, 3.8) is 0 Å². The van der Waals surface area contributed by atoms with Crippen molar-refractivity contribution in [1.82, 2.24) is 5.32 Å². The summed E-state index contributed by atoms with van der Waals surface area (Å²) in [7, 11) is 0. The topological polar surface area (TPSA) is 21.3 Å². The summed E-state index contributed by atoms with van der Waals surface area (Å²) in [5.74, 6) is 1.48. The molecule has 0 radical (unpaired) electrons. The largest absolute Gasteiger partial charge is 0.493 e. The summed E-state index contributed by atoms with van der Waals surface area (Å²) in [5, 5.41) is 4.68. The van der Waals surface area contributed by atoms with Crippen molar-refractivity contribution in [3.8, 4) is 5.75 Å². The third kappa shape index (κ3) is 8.68. The second-order valence-corrected chi connectivity index (χ2v) is 6.34. The molecule has 0 aliphatic heterocycles. The van der Waals surface area contributed by atoms with E-state index in [0.29, 0.717) is 10.0 Å². The predicted octanol–water partition coefficient (Wildman–Crippen LogP) is 5.18. The van der Waals surface area contributed by atoms with Crippen molar-refractivity contribution in [2.45, 2.75) is 39.5 Å². The molecular formula is C16H25Cl2NO. The summed E-state index contributed by atoms with van der Waals surface area (Å²) in [4.78, 5) is 0. The number of unbranched alkanes of at least 4 members (excludes halogenated alkanes) is 3. The van der Waals surface area contributed by atoms with Crippen molar-refractivity contribution in [1.29, 1.82) is 0 Å². The van der Waals surface area contributed by atoms with E-state index in [2.05, 4.69) is 19.2 Å². The lowest BCUT2D eigenvalue weighted by molar-refractivity contribution is 0.304. The van der Waals surface area contributed by atoms with Gasteiger partial charge in [-0.05, 0) is 50.0 Å². The molecule has 2 nitrogen and oxygen atoms in total. The lowest BCUT2D eigenvalue weighted by Gasteiger charge is -2.08. The van der Waals surface area contributed by atoms with Crippen molar-refractivity contribution in [2.75, 3.05) is 19.7 Å². The first kappa shape index (κ1) is 17.6. The molecule has 0 amide bonds. The molecule has 20 heavy (non-hydrogen) atoms. The molecule has 0 saturated carbocycles. The average Bonchev–Trinajstić information content (AvgIpc) is 2.35. The van der Waals surface area contributed by atoms with Crippen LogP contribution in [0.3, 0.4) is 0 Å². The minimum atomic E-state index is 0.615. The Balaban J connectivity index is 1.99. The number of hydrogen-bond acceptors (Lipinski definition) is 2. The number of benzene rings is 1. The van der Waals surface area contributed by atoms with Crippen LogP contribution in [-0.4, -0.2) is 19.7 Å². The van der Waals surface area contributed by atoms with Crippen LogP contribution in [-0.2, 0) is 0 Å². The Morgan fingerprint density at radius 2 is 1.65 bits per heavy atom. The Bertz CT molecular complexity index is 362. The minimum Gasteiger partial charge on any atom is -0.493 e. The maximum Gasteiger partial charge on any atom is 0.122 e. The van der Waals surface area contributed by atoms with Crippen molar-refractivity contribution >= 4 is 23.2 Å². The van der Waals surface area contributed by atoms with Gasteiger partial charge in [0, 0.05) is 10.0 Å². The van der Waals surface area contributed by atoms with Crippen LogP contribution in [0.4, 0.5) is 0 Å². The van der Waals surface area contributed by atoms with E-state index in [1.54, 1.807) is 18.2 Å². The van der Waals surface area contributed by atoms with E-state index in [-0.39, 0.29) is 0 Å². The van der Waals surface area contributed by atoms with Gasteiger partial charge in [0.2, 0.25) is 0 Å². The zero-order valence-corrected chi connectivity index (χ0v) is 13.9. The molecule has 1 aromatic rings. The molecule has 0 aromatic heterocycles. The summed E-state index contributed by atoms with van der Waals surface area (Å²) in [6.45, 7) is 7.40. The quantitative estimate of drug-likeness (QED) is 0.600. The number of nitrogens with one attached hydrogen (secondary N) is 1. The monoisotopic (exact) mass is 317 g/mol. The molecule has 1 N–H and O–H groups in total. The molecular weight excluding hydrogens is 293 g/mol. The van der Waals surface area contributed by atoms with Gasteiger partial charge < -0.3 is 10.1 Å². The zero-order chi connectivity index (χ0) is 14.8. The lowest BCUT2D eigenvalue weighted by Crippen LogP contribution is -2.20. The van der Waals surface area contributed by atoms with Crippen LogP contribution in [0.1, 0.15) is 39.5 Å². The maximum absolute atomic E-state index is 5.91. The van der Waals surface area contributed by atoms with Crippen LogP contribution in [0.2, 0.25) is 10.0 Å². The highest BCUT2D eigenvalue weighted by atomic mass is 35.5. The third-order valence-corrected chi connectivity index (χ3v) is 3.34. The smallest absolute Gasteiger partial charge is 0.122 e. The summed E-state index contributed by atoms with van der Waals surface area (Å²) < 4.78 is 5.64. The van der Waals surface area contributed by atoms with E-state index in [1.165, 1.54) is 19.3 Å². The molecule has 0 atom stereocenters. The average molecular weight is 318 g/mol. The van der Waals surface area contributed by atoms with Gasteiger partial charge in [-0.25, -0.2) is 0 Å². The van der Waals surface area contributed by atoms with Gasteiger partial charge in [-0.3, -0.25) is 0 Å². The van der Waals surface area contributed by atoms with Crippen LogP contribution in [0.15, 0.2) is 18.2 Å². The molecule has 0 saturated heterocycles. The summed E-state index contributed by atoms with van der Waals surface area (Å²) >= 11 is 11.8. The number of hydrogen-bond donors (Lipinski definition) is 1. The third-order valence-electron chi connectivity index (χ3n) is 2.91. The first-order valence-electron chi connectivity index (χ1n) is 7.37. The van der Waals surface area contributed by atoms with Gasteiger partial charge in [0.15, 0.2) is 0 Å². The van der Waals surface area contributed by atoms with Gasteiger partial charge in [-0.2, -0.15) is 0 Å². The summed E-state index contributed by atoms with van der Waals surface area (Å²) in [6, 6.07) is 5.30. The van der Waals surface area contributed by atoms with E-state index in [9.17, 15) is 0 Å². The Hall–Kier alpha value is -0.440. The van der Waals surface area contributed by atoms with Crippen molar-refractivity contribution in [2.24, 2.45) is 5.92 Å². The Labute approximate surface area is 132 Å². The molecule has 4 heteroatoms. The van der Waals surface area contributed by atoms with E-state index in [0.717, 1.165) is 37.8 Å². The number of rotatable bonds is 10. The van der Waals surface area contributed by atoms with Gasteiger partial charge in [0.25, 0.3) is 0 Å².